The van der Waals surface area contributed by atoms with Crippen molar-refractivity contribution in [3.05, 3.63) is 66.7 Å². The Morgan fingerprint density at radius 3 is 2.18 bits per heavy atom. The van der Waals surface area contributed by atoms with Crippen molar-refractivity contribution in [1.82, 2.24) is 9.97 Å². The highest BCUT2D eigenvalue weighted by atomic mass is 32.2. The standard InChI is InChI=1S/C26H25N5O6S/c1-36-19-13-17(14-20(15-19)37-2)27-23-24(30-22-9-4-3-8-21(22)29-23)31(38(34)35)18-7-5-6-16(12-18)28-25(32)26(33)10-11-26/h3-9,12-15,33,38H,10-11H2,1-2H3,(H,27,29)(H,28,32). The number of aliphatic hydroxyl groups is 1. The van der Waals surface area contributed by atoms with E-state index in [2.05, 4.69) is 20.6 Å². The molecule has 1 aromatic heterocycles. The first-order chi connectivity index (χ1) is 18.3. The highest BCUT2D eigenvalue weighted by molar-refractivity contribution is 7.74. The van der Waals surface area contributed by atoms with Crippen LogP contribution in [0.15, 0.2) is 66.7 Å². The second-order valence-corrected chi connectivity index (χ2v) is 9.57. The van der Waals surface area contributed by atoms with Crippen molar-refractivity contribution in [2.75, 3.05) is 29.2 Å². The molecule has 3 aromatic carbocycles. The maximum Gasteiger partial charge on any atom is 0.256 e. The van der Waals surface area contributed by atoms with Gasteiger partial charge in [0.25, 0.3) is 5.91 Å². The number of rotatable bonds is 9. The Labute approximate surface area is 220 Å². The van der Waals surface area contributed by atoms with Crippen molar-refractivity contribution < 1.29 is 27.8 Å². The number of fused-ring (bicyclic) bond motifs is 1. The number of methoxy groups -OCH3 is 2. The van der Waals surface area contributed by atoms with E-state index in [-0.39, 0.29) is 17.3 Å². The van der Waals surface area contributed by atoms with Crippen LogP contribution < -0.4 is 24.4 Å². The van der Waals surface area contributed by atoms with E-state index in [9.17, 15) is 18.3 Å². The molecule has 1 aliphatic carbocycles. The second kappa shape index (κ2) is 10.1. The van der Waals surface area contributed by atoms with Gasteiger partial charge in [0, 0.05) is 29.6 Å². The number of hydrogen-bond acceptors (Lipinski definition) is 9. The lowest BCUT2D eigenvalue weighted by Gasteiger charge is -2.21. The van der Waals surface area contributed by atoms with Crippen LogP contribution in [0.1, 0.15) is 12.8 Å². The predicted octanol–water partition coefficient (Wildman–Crippen LogP) is 3.52. The van der Waals surface area contributed by atoms with E-state index < -0.39 is 22.4 Å². The van der Waals surface area contributed by atoms with Gasteiger partial charge in [-0.2, -0.15) is 0 Å². The SMILES string of the molecule is COc1cc(Nc2nc3ccccc3nc2N(c2cccc(NC(=O)C3(O)CC3)c2)[SH](=O)=O)cc(OC)c1. The largest absolute Gasteiger partial charge is 0.497 e. The smallest absolute Gasteiger partial charge is 0.256 e. The summed E-state index contributed by atoms with van der Waals surface area (Å²) in [7, 11) is -0.195. The van der Waals surface area contributed by atoms with Crippen molar-refractivity contribution in [3.8, 4) is 11.5 Å². The fourth-order valence-corrected chi connectivity index (χ4v) is 4.45. The summed E-state index contributed by atoms with van der Waals surface area (Å²) >= 11 is 0. The molecule has 1 amide bonds. The molecule has 12 heteroatoms. The molecular weight excluding hydrogens is 510 g/mol. The first-order valence-corrected chi connectivity index (χ1v) is 12.8. The molecule has 38 heavy (non-hydrogen) atoms. The van der Waals surface area contributed by atoms with Crippen molar-refractivity contribution in [3.63, 3.8) is 0 Å². The van der Waals surface area contributed by atoms with Gasteiger partial charge in [0.05, 0.1) is 30.9 Å². The first-order valence-electron chi connectivity index (χ1n) is 11.6. The van der Waals surface area contributed by atoms with Gasteiger partial charge >= 0.3 is 0 Å². The minimum Gasteiger partial charge on any atom is -0.497 e. The molecule has 11 nitrogen and oxygen atoms in total. The Hall–Kier alpha value is -4.42. The number of ether oxygens (including phenoxy) is 2. The number of nitrogens with one attached hydrogen (secondary N) is 2. The molecule has 5 rings (SSSR count). The van der Waals surface area contributed by atoms with Gasteiger partial charge in [0.15, 0.2) is 11.6 Å². The second-order valence-electron chi connectivity index (χ2n) is 8.70. The normalized spacial score (nSPS) is 13.7. The van der Waals surface area contributed by atoms with Gasteiger partial charge in [-0.3, -0.25) is 4.79 Å². The van der Waals surface area contributed by atoms with Crippen LogP contribution in [0.25, 0.3) is 11.0 Å². The zero-order valence-electron chi connectivity index (χ0n) is 20.5. The molecule has 0 saturated heterocycles. The molecule has 0 bridgehead atoms. The number of aromatic nitrogens is 2. The van der Waals surface area contributed by atoms with Gasteiger partial charge in [-0.1, -0.05) is 18.2 Å². The predicted molar refractivity (Wildman–Crippen MR) is 144 cm³/mol. The van der Waals surface area contributed by atoms with Crippen molar-refractivity contribution in [1.29, 1.82) is 0 Å². The van der Waals surface area contributed by atoms with Gasteiger partial charge < -0.3 is 25.2 Å². The lowest BCUT2D eigenvalue weighted by molar-refractivity contribution is -0.125. The summed E-state index contributed by atoms with van der Waals surface area (Å²) in [5, 5.41) is 15.9. The van der Waals surface area contributed by atoms with Crippen LogP contribution in [0.3, 0.4) is 0 Å². The van der Waals surface area contributed by atoms with Crippen molar-refractivity contribution >= 4 is 56.5 Å². The number of amides is 1. The van der Waals surface area contributed by atoms with Crippen LogP contribution in [0.5, 0.6) is 11.5 Å². The molecular formula is C26H25N5O6S. The van der Waals surface area contributed by atoms with Gasteiger partial charge in [-0.25, -0.2) is 22.7 Å². The van der Waals surface area contributed by atoms with E-state index in [4.69, 9.17) is 9.47 Å². The topological polar surface area (TPSA) is 143 Å². The molecule has 0 spiro atoms. The molecule has 196 valence electrons. The highest BCUT2D eigenvalue weighted by Crippen LogP contribution is 2.38. The van der Waals surface area contributed by atoms with Crippen LogP contribution in [0.4, 0.5) is 28.7 Å². The summed E-state index contributed by atoms with van der Waals surface area (Å²) < 4.78 is 37.0. The number of carbonyl (C=O) groups excluding carboxylic acids is 1. The lowest BCUT2D eigenvalue weighted by atomic mass is 10.2. The minimum absolute atomic E-state index is 0.0193. The highest BCUT2D eigenvalue weighted by Gasteiger charge is 2.48. The first kappa shape index (κ1) is 25.2. The average Bonchev–Trinajstić information content (AvgIpc) is 3.67. The Morgan fingerprint density at radius 2 is 1.58 bits per heavy atom. The summed E-state index contributed by atoms with van der Waals surface area (Å²) in [5.41, 5.74) is 0.740. The maximum atomic E-state index is 12.6. The zero-order chi connectivity index (χ0) is 26.9. The summed E-state index contributed by atoms with van der Waals surface area (Å²) in [5.74, 6) is 0.697. The maximum absolute atomic E-state index is 12.6. The molecule has 1 aliphatic rings. The summed E-state index contributed by atoms with van der Waals surface area (Å²) in [4.78, 5) is 21.6. The number of para-hydroxylation sites is 2. The van der Waals surface area contributed by atoms with E-state index >= 15 is 0 Å². The van der Waals surface area contributed by atoms with Crippen molar-refractivity contribution in [2.45, 2.75) is 18.4 Å². The van der Waals surface area contributed by atoms with Crippen LogP contribution in [0, 0.1) is 0 Å². The third-order valence-electron chi connectivity index (χ3n) is 6.03. The van der Waals surface area contributed by atoms with Gasteiger partial charge in [-0.05, 0) is 43.2 Å². The van der Waals surface area contributed by atoms with Crippen LogP contribution >= 0.6 is 0 Å². The number of nitrogens with zero attached hydrogens (tertiary/aromatic N) is 3. The number of hydrogen-bond donors (Lipinski definition) is 4. The fourth-order valence-electron chi connectivity index (χ4n) is 3.84. The number of anilines is 5. The fraction of sp³-hybridized carbons (Fsp3) is 0.192. The van der Waals surface area contributed by atoms with E-state index in [1.807, 2.05) is 0 Å². The quantitative estimate of drug-likeness (QED) is 0.237. The summed E-state index contributed by atoms with van der Waals surface area (Å²) in [6.45, 7) is 0. The Kier molecular flexibility index (Phi) is 6.74. The van der Waals surface area contributed by atoms with Gasteiger partial charge in [-0.15, -0.1) is 0 Å². The number of thiol groups is 1. The monoisotopic (exact) mass is 535 g/mol. The van der Waals surface area contributed by atoms with Gasteiger partial charge in [0.2, 0.25) is 10.9 Å². The minimum atomic E-state index is -3.24. The Balaban J connectivity index is 1.60. The van der Waals surface area contributed by atoms with E-state index in [0.29, 0.717) is 46.7 Å². The van der Waals surface area contributed by atoms with E-state index in [1.54, 1.807) is 60.7 Å². The number of carbonyl (C=O) groups is 1. The molecule has 4 aromatic rings. The summed E-state index contributed by atoms with van der Waals surface area (Å²) in [6.07, 6.45) is 0.766. The molecule has 0 aliphatic heterocycles. The molecule has 0 radical (unpaired) electrons. The van der Waals surface area contributed by atoms with Crippen LogP contribution in [-0.2, 0) is 15.7 Å². The number of benzene rings is 3. The van der Waals surface area contributed by atoms with Crippen molar-refractivity contribution in [2.24, 2.45) is 0 Å². The average molecular weight is 536 g/mol. The molecule has 1 heterocycles. The molecule has 3 N–H and O–H groups in total. The van der Waals surface area contributed by atoms with E-state index in [1.165, 1.54) is 20.3 Å². The van der Waals surface area contributed by atoms with Crippen LogP contribution in [-0.4, -0.2) is 49.2 Å². The zero-order valence-corrected chi connectivity index (χ0v) is 21.4. The van der Waals surface area contributed by atoms with E-state index in [0.717, 1.165) is 4.31 Å². The molecule has 0 unspecified atom stereocenters. The Bertz CT molecular complexity index is 1570. The molecule has 0 atom stereocenters. The molecule has 1 fully saturated rings. The Morgan fingerprint density at radius 1 is 0.921 bits per heavy atom. The van der Waals surface area contributed by atoms with Gasteiger partial charge in [0.1, 0.15) is 17.1 Å². The lowest BCUT2D eigenvalue weighted by Crippen LogP contribution is -2.29. The van der Waals surface area contributed by atoms with Crippen LogP contribution in [0.2, 0.25) is 0 Å². The summed E-state index contributed by atoms with van der Waals surface area (Å²) in [6, 6.07) is 18.5. The molecule has 1 saturated carbocycles. The third-order valence-corrected chi connectivity index (χ3v) is 6.77. The third kappa shape index (κ3) is 5.17.